The molecule has 1 aromatic heterocycles. The molecule has 1 heterocycles. The third-order valence-corrected chi connectivity index (χ3v) is 3.97. The summed E-state index contributed by atoms with van der Waals surface area (Å²) in [5, 5.41) is 12.3. The number of amides is 1. The number of carbonyl (C=O) groups excluding carboxylic acids is 1. The fourth-order valence-corrected chi connectivity index (χ4v) is 2.73. The fourth-order valence-electron chi connectivity index (χ4n) is 2.73. The Morgan fingerprint density at radius 2 is 1.90 bits per heavy atom. The van der Waals surface area contributed by atoms with Crippen molar-refractivity contribution in [2.75, 3.05) is 0 Å². The largest absolute Gasteiger partial charge is 0.480 e. The molecule has 5 heteroatoms. The Balaban J connectivity index is 2.22. The second-order valence-electron chi connectivity index (χ2n) is 5.39. The molecule has 5 nitrogen and oxygen atoms in total. The Hall–Kier alpha value is -1.91. The van der Waals surface area contributed by atoms with Gasteiger partial charge in [-0.3, -0.25) is 9.78 Å². The van der Waals surface area contributed by atoms with E-state index in [0.717, 1.165) is 25.7 Å². The normalized spacial score (nSPS) is 18.1. The summed E-state index contributed by atoms with van der Waals surface area (Å²) in [6, 6.07) is 3.35. The minimum absolute atomic E-state index is 0.347. The molecule has 1 saturated carbocycles. The standard InChI is InChI=1S/C15H20N2O3/c1-11-12(7-6-10-16-11)13(18)17-15(14(19)20)8-4-2-3-5-9-15/h6-7,10H,2-5,8-9H2,1H3,(H,17,18)(H,19,20). The summed E-state index contributed by atoms with van der Waals surface area (Å²) < 4.78 is 0. The first-order valence-electron chi connectivity index (χ1n) is 7.03. The molecule has 2 N–H and O–H groups in total. The number of hydrogen-bond acceptors (Lipinski definition) is 3. The molecule has 0 radical (unpaired) electrons. The van der Waals surface area contributed by atoms with Crippen LogP contribution in [0.4, 0.5) is 0 Å². The van der Waals surface area contributed by atoms with Crippen molar-refractivity contribution in [3.63, 3.8) is 0 Å². The van der Waals surface area contributed by atoms with Gasteiger partial charge in [0, 0.05) is 11.9 Å². The van der Waals surface area contributed by atoms with Crippen LogP contribution in [-0.2, 0) is 4.79 Å². The number of aryl methyl sites for hydroxylation is 1. The Kier molecular flexibility index (Phi) is 4.37. The van der Waals surface area contributed by atoms with Crippen LogP contribution in [0.25, 0.3) is 0 Å². The van der Waals surface area contributed by atoms with Crippen LogP contribution in [0.1, 0.15) is 54.6 Å². The van der Waals surface area contributed by atoms with Crippen molar-refractivity contribution >= 4 is 11.9 Å². The van der Waals surface area contributed by atoms with E-state index in [9.17, 15) is 14.7 Å². The number of pyridine rings is 1. The zero-order valence-electron chi connectivity index (χ0n) is 11.7. The molecule has 0 atom stereocenters. The molecule has 0 saturated heterocycles. The molecule has 0 unspecified atom stereocenters. The summed E-state index contributed by atoms with van der Waals surface area (Å²) in [5.74, 6) is -1.28. The van der Waals surface area contributed by atoms with E-state index in [1.54, 1.807) is 25.3 Å². The maximum atomic E-state index is 12.3. The monoisotopic (exact) mass is 276 g/mol. The lowest BCUT2D eigenvalue weighted by Crippen LogP contribution is -2.54. The predicted octanol–water partition coefficient (Wildman–Crippen LogP) is 2.30. The van der Waals surface area contributed by atoms with Crippen LogP contribution in [0.2, 0.25) is 0 Å². The predicted molar refractivity (Wildman–Crippen MR) is 74.5 cm³/mol. The van der Waals surface area contributed by atoms with Crippen LogP contribution >= 0.6 is 0 Å². The summed E-state index contributed by atoms with van der Waals surface area (Å²) in [7, 11) is 0. The molecule has 0 aliphatic heterocycles. The van der Waals surface area contributed by atoms with Crippen LogP contribution < -0.4 is 5.32 Å². The lowest BCUT2D eigenvalue weighted by molar-refractivity contribution is -0.145. The lowest BCUT2D eigenvalue weighted by Gasteiger charge is -2.29. The number of nitrogens with zero attached hydrogens (tertiary/aromatic N) is 1. The fraction of sp³-hybridized carbons (Fsp3) is 0.533. The van der Waals surface area contributed by atoms with Gasteiger partial charge in [0.2, 0.25) is 0 Å². The van der Waals surface area contributed by atoms with Gasteiger partial charge in [0.25, 0.3) is 5.91 Å². The molecule has 0 spiro atoms. The highest BCUT2D eigenvalue weighted by Crippen LogP contribution is 2.28. The molecule has 20 heavy (non-hydrogen) atoms. The van der Waals surface area contributed by atoms with Crippen molar-refractivity contribution in [2.24, 2.45) is 0 Å². The number of hydrogen-bond donors (Lipinski definition) is 2. The maximum absolute atomic E-state index is 12.3. The van der Waals surface area contributed by atoms with Gasteiger partial charge in [-0.15, -0.1) is 0 Å². The first-order chi connectivity index (χ1) is 9.55. The van der Waals surface area contributed by atoms with Gasteiger partial charge in [-0.2, -0.15) is 0 Å². The molecule has 1 fully saturated rings. The summed E-state index contributed by atoms with van der Waals surface area (Å²) in [6.45, 7) is 1.75. The number of nitrogens with one attached hydrogen (secondary N) is 1. The molecule has 0 aromatic carbocycles. The average Bonchev–Trinajstić information content (AvgIpc) is 2.65. The third-order valence-electron chi connectivity index (χ3n) is 3.97. The van der Waals surface area contributed by atoms with Gasteiger partial charge in [-0.25, -0.2) is 4.79 Å². The molecule has 1 amide bonds. The molecule has 108 valence electrons. The van der Waals surface area contributed by atoms with Gasteiger partial charge in [0.1, 0.15) is 5.54 Å². The minimum Gasteiger partial charge on any atom is -0.480 e. The zero-order valence-corrected chi connectivity index (χ0v) is 11.7. The third kappa shape index (κ3) is 2.98. The smallest absolute Gasteiger partial charge is 0.329 e. The van der Waals surface area contributed by atoms with Gasteiger partial charge in [-0.1, -0.05) is 25.7 Å². The molecule has 1 aliphatic carbocycles. The first-order valence-corrected chi connectivity index (χ1v) is 7.03. The highest BCUT2D eigenvalue weighted by atomic mass is 16.4. The maximum Gasteiger partial charge on any atom is 0.329 e. The number of carboxylic acids is 1. The van der Waals surface area contributed by atoms with Crippen LogP contribution in [0.15, 0.2) is 18.3 Å². The van der Waals surface area contributed by atoms with Crippen LogP contribution in [0, 0.1) is 6.92 Å². The van der Waals surface area contributed by atoms with E-state index >= 15 is 0 Å². The molecule has 1 aliphatic rings. The second kappa shape index (κ2) is 6.03. The number of rotatable bonds is 3. The molecular weight excluding hydrogens is 256 g/mol. The van der Waals surface area contributed by atoms with E-state index in [2.05, 4.69) is 10.3 Å². The van der Waals surface area contributed by atoms with E-state index in [0.29, 0.717) is 24.1 Å². The topological polar surface area (TPSA) is 79.3 Å². The van der Waals surface area contributed by atoms with Crippen molar-refractivity contribution < 1.29 is 14.7 Å². The van der Waals surface area contributed by atoms with Crippen molar-refractivity contribution in [3.05, 3.63) is 29.6 Å². The van der Waals surface area contributed by atoms with E-state index in [4.69, 9.17) is 0 Å². The minimum atomic E-state index is -1.13. The van der Waals surface area contributed by atoms with E-state index in [1.165, 1.54) is 0 Å². The number of carbonyl (C=O) groups is 2. The Morgan fingerprint density at radius 1 is 1.25 bits per heavy atom. The van der Waals surface area contributed by atoms with E-state index in [1.807, 2.05) is 0 Å². The van der Waals surface area contributed by atoms with Crippen molar-refractivity contribution in [3.8, 4) is 0 Å². The van der Waals surface area contributed by atoms with Crippen molar-refractivity contribution in [2.45, 2.75) is 51.0 Å². The highest BCUT2D eigenvalue weighted by Gasteiger charge is 2.40. The van der Waals surface area contributed by atoms with Crippen molar-refractivity contribution in [1.82, 2.24) is 10.3 Å². The van der Waals surface area contributed by atoms with E-state index in [-0.39, 0.29) is 5.91 Å². The van der Waals surface area contributed by atoms with Crippen molar-refractivity contribution in [1.29, 1.82) is 0 Å². The zero-order chi connectivity index (χ0) is 14.6. The Bertz CT molecular complexity index is 506. The Morgan fingerprint density at radius 3 is 2.45 bits per heavy atom. The molecule has 1 aromatic rings. The quantitative estimate of drug-likeness (QED) is 0.830. The van der Waals surface area contributed by atoms with Gasteiger partial charge in [-0.05, 0) is 31.9 Å². The van der Waals surface area contributed by atoms with Gasteiger partial charge in [0.05, 0.1) is 5.56 Å². The lowest BCUT2D eigenvalue weighted by atomic mass is 9.89. The molecule has 0 bridgehead atoms. The van der Waals surface area contributed by atoms with Crippen LogP contribution in [-0.4, -0.2) is 27.5 Å². The summed E-state index contributed by atoms with van der Waals surface area (Å²) >= 11 is 0. The van der Waals surface area contributed by atoms with Crippen LogP contribution in [0.5, 0.6) is 0 Å². The average molecular weight is 276 g/mol. The van der Waals surface area contributed by atoms with Crippen LogP contribution in [0.3, 0.4) is 0 Å². The molecule has 2 rings (SSSR count). The highest BCUT2D eigenvalue weighted by molar-refractivity contribution is 5.98. The molecular formula is C15H20N2O3. The van der Waals surface area contributed by atoms with Gasteiger partial charge >= 0.3 is 5.97 Å². The number of aliphatic carboxylic acids is 1. The number of carboxylic acid groups (broad SMARTS) is 1. The van der Waals surface area contributed by atoms with Gasteiger partial charge < -0.3 is 10.4 Å². The SMILES string of the molecule is Cc1ncccc1C(=O)NC1(C(=O)O)CCCCCC1. The van der Waals surface area contributed by atoms with Gasteiger partial charge in [0.15, 0.2) is 0 Å². The summed E-state index contributed by atoms with van der Waals surface area (Å²) in [4.78, 5) is 28.1. The Labute approximate surface area is 118 Å². The summed E-state index contributed by atoms with van der Waals surface area (Å²) in [6.07, 6.45) is 6.32. The van der Waals surface area contributed by atoms with E-state index < -0.39 is 11.5 Å². The summed E-state index contributed by atoms with van der Waals surface area (Å²) in [5.41, 5.74) is -0.0768. The number of aromatic nitrogens is 1. The first kappa shape index (κ1) is 14.5. The second-order valence-corrected chi connectivity index (χ2v) is 5.39.